The van der Waals surface area contributed by atoms with Crippen LogP contribution in [0.2, 0.25) is 0 Å². The van der Waals surface area contributed by atoms with Gasteiger partial charge in [-0.2, -0.15) is 11.3 Å². The van der Waals surface area contributed by atoms with Crippen molar-refractivity contribution in [2.24, 2.45) is 0 Å². The highest BCUT2D eigenvalue weighted by atomic mass is 32.1. The fraction of sp³-hybridized carbons (Fsp3) is 0.267. The van der Waals surface area contributed by atoms with Gasteiger partial charge in [-0.25, -0.2) is 4.39 Å². The molecule has 0 aliphatic rings. The van der Waals surface area contributed by atoms with Crippen LogP contribution in [-0.2, 0) is 16.0 Å². The molecule has 1 aromatic heterocycles. The number of nitrogens with one attached hydrogen (secondary N) is 1. The van der Waals surface area contributed by atoms with E-state index in [1.165, 1.54) is 12.1 Å². The third kappa shape index (κ3) is 4.15. The maximum absolute atomic E-state index is 12.8. The fourth-order valence-corrected chi connectivity index (χ4v) is 2.55. The van der Waals surface area contributed by atoms with E-state index in [-0.39, 0.29) is 24.2 Å². The average Bonchev–Trinajstić information content (AvgIpc) is 2.96. The summed E-state index contributed by atoms with van der Waals surface area (Å²) in [4.78, 5) is 11.8. The SMILES string of the molecule is COC(CNC(=O)Cc1ccc(F)cc1)c1ccsc1. The van der Waals surface area contributed by atoms with Crippen molar-refractivity contribution in [2.75, 3.05) is 13.7 Å². The summed E-state index contributed by atoms with van der Waals surface area (Å²) in [5, 5.41) is 6.81. The average molecular weight is 293 g/mol. The van der Waals surface area contributed by atoms with Crippen LogP contribution in [0.4, 0.5) is 4.39 Å². The first-order valence-electron chi connectivity index (χ1n) is 6.25. The normalized spacial score (nSPS) is 12.1. The first-order valence-corrected chi connectivity index (χ1v) is 7.19. The van der Waals surface area contributed by atoms with Crippen molar-refractivity contribution in [3.63, 3.8) is 0 Å². The van der Waals surface area contributed by atoms with Crippen molar-refractivity contribution in [3.05, 3.63) is 58.0 Å². The van der Waals surface area contributed by atoms with Gasteiger partial charge in [0.2, 0.25) is 5.91 Å². The minimum absolute atomic E-state index is 0.103. The molecule has 1 aromatic carbocycles. The van der Waals surface area contributed by atoms with Gasteiger partial charge in [0.25, 0.3) is 0 Å². The van der Waals surface area contributed by atoms with Crippen molar-refractivity contribution in [3.8, 4) is 0 Å². The van der Waals surface area contributed by atoms with Crippen LogP contribution in [0.1, 0.15) is 17.2 Å². The van der Waals surface area contributed by atoms with E-state index in [9.17, 15) is 9.18 Å². The van der Waals surface area contributed by atoms with Crippen LogP contribution < -0.4 is 5.32 Å². The van der Waals surface area contributed by atoms with Crippen LogP contribution >= 0.6 is 11.3 Å². The zero-order valence-electron chi connectivity index (χ0n) is 11.1. The van der Waals surface area contributed by atoms with Gasteiger partial charge >= 0.3 is 0 Å². The van der Waals surface area contributed by atoms with Gasteiger partial charge in [-0.1, -0.05) is 12.1 Å². The Hall–Kier alpha value is -1.72. The highest BCUT2D eigenvalue weighted by molar-refractivity contribution is 7.07. The standard InChI is InChI=1S/C15H16FNO2S/c1-19-14(12-6-7-20-10-12)9-17-15(18)8-11-2-4-13(16)5-3-11/h2-7,10,14H,8-9H2,1H3,(H,17,18). The Kier molecular flexibility index (Phi) is 5.26. The molecule has 20 heavy (non-hydrogen) atoms. The van der Waals surface area contributed by atoms with Gasteiger partial charge < -0.3 is 10.1 Å². The molecule has 1 atom stereocenters. The van der Waals surface area contributed by atoms with Gasteiger partial charge in [-0.15, -0.1) is 0 Å². The number of carbonyl (C=O) groups excluding carboxylic acids is 1. The second kappa shape index (κ2) is 7.17. The number of halogens is 1. The van der Waals surface area contributed by atoms with Crippen LogP contribution in [0.5, 0.6) is 0 Å². The summed E-state index contributed by atoms with van der Waals surface area (Å²) in [5.41, 5.74) is 1.84. The summed E-state index contributed by atoms with van der Waals surface area (Å²) < 4.78 is 18.1. The molecule has 0 radical (unpaired) electrons. The smallest absolute Gasteiger partial charge is 0.224 e. The molecule has 0 bridgehead atoms. The quantitative estimate of drug-likeness (QED) is 0.889. The van der Waals surface area contributed by atoms with Crippen molar-refractivity contribution < 1.29 is 13.9 Å². The summed E-state index contributed by atoms with van der Waals surface area (Å²) in [7, 11) is 1.62. The Labute approximate surface area is 121 Å². The van der Waals surface area contributed by atoms with Gasteiger partial charge in [0.05, 0.1) is 6.42 Å². The largest absolute Gasteiger partial charge is 0.375 e. The van der Waals surface area contributed by atoms with E-state index < -0.39 is 0 Å². The number of benzene rings is 1. The molecule has 1 heterocycles. The van der Waals surface area contributed by atoms with E-state index in [0.717, 1.165) is 11.1 Å². The maximum atomic E-state index is 12.8. The molecule has 0 fully saturated rings. The Balaban J connectivity index is 1.84. The molecule has 1 unspecified atom stereocenters. The molecule has 106 valence electrons. The molecule has 0 saturated heterocycles. The Bertz CT molecular complexity index is 540. The molecule has 2 rings (SSSR count). The van der Waals surface area contributed by atoms with E-state index in [4.69, 9.17) is 4.74 Å². The van der Waals surface area contributed by atoms with Gasteiger partial charge in [0.15, 0.2) is 0 Å². The molecule has 0 saturated carbocycles. The summed E-state index contributed by atoms with van der Waals surface area (Å²) >= 11 is 1.59. The third-order valence-corrected chi connectivity index (χ3v) is 3.66. The van der Waals surface area contributed by atoms with E-state index in [0.29, 0.717) is 6.54 Å². The first kappa shape index (κ1) is 14.7. The summed E-state index contributed by atoms with van der Waals surface area (Å²) in [6.45, 7) is 0.424. The molecule has 3 nitrogen and oxygen atoms in total. The first-order chi connectivity index (χ1) is 9.69. The zero-order valence-corrected chi connectivity index (χ0v) is 12.0. The molecule has 2 aromatic rings. The van der Waals surface area contributed by atoms with E-state index in [2.05, 4.69) is 5.32 Å². The van der Waals surface area contributed by atoms with Gasteiger partial charge in [0, 0.05) is 13.7 Å². The lowest BCUT2D eigenvalue weighted by Gasteiger charge is -2.15. The number of rotatable bonds is 6. The van der Waals surface area contributed by atoms with Crippen LogP contribution in [0, 0.1) is 5.82 Å². The highest BCUT2D eigenvalue weighted by Crippen LogP contribution is 2.18. The van der Waals surface area contributed by atoms with Crippen molar-refractivity contribution >= 4 is 17.2 Å². The Morgan fingerprint density at radius 1 is 1.35 bits per heavy atom. The number of hydrogen-bond acceptors (Lipinski definition) is 3. The topological polar surface area (TPSA) is 38.3 Å². The van der Waals surface area contributed by atoms with Gasteiger partial charge in [-0.05, 0) is 40.1 Å². The molecular formula is C15H16FNO2S. The van der Waals surface area contributed by atoms with E-state index in [1.54, 1.807) is 30.6 Å². The summed E-state index contributed by atoms with van der Waals surface area (Å²) in [6.07, 6.45) is 0.0961. The summed E-state index contributed by atoms with van der Waals surface area (Å²) in [5.74, 6) is -0.403. The predicted octanol–water partition coefficient (Wildman–Crippen LogP) is 2.93. The van der Waals surface area contributed by atoms with Gasteiger partial charge in [0.1, 0.15) is 11.9 Å². The second-order valence-electron chi connectivity index (χ2n) is 4.39. The monoisotopic (exact) mass is 293 g/mol. The van der Waals surface area contributed by atoms with Gasteiger partial charge in [-0.3, -0.25) is 4.79 Å². The third-order valence-electron chi connectivity index (χ3n) is 2.96. The van der Waals surface area contributed by atoms with Crippen molar-refractivity contribution in [2.45, 2.75) is 12.5 Å². The molecule has 0 aliphatic carbocycles. The minimum Gasteiger partial charge on any atom is -0.375 e. The maximum Gasteiger partial charge on any atom is 0.224 e. The van der Waals surface area contributed by atoms with Crippen LogP contribution in [0.3, 0.4) is 0 Å². The fourth-order valence-electron chi connectivity index (χ4n) is 1.85. The molecular weight excluding hydrogens is 277 g/mol. The lowest BCUT2D eigenvalue weighted by Crippen LogP contribution is -2.30. The predicted molar refractivity (Wildman–Crippen MR) is 77.2 cm³/mol. The number of amides is 1. The lowest BCUT2D eigenvalue weighted by atomic mass is 10.1. The van der Waals surface area contributed by atoms with Crippen LogP contribution in [-0.4, -0.2) is 19.6 Å². The number of methoxy groups -OCH3 is 1. The van der Waals surface area contributed by atoms with Crippen molar-refractivity contribution in [1.82, 2.24) is 5.32 Å². The second-order valence-corrected chi connectivity index (χ2v) is 5.17. The lowest BCUT2D eigenvalue weighted by molar-refractivity contribution is -0.121. The zero-order chi connectivity index (χ0) is 14.4. The Morgan fingerprint density at radius 2 is 2.10 bits per heavy atom. The van der Waals surface area contributed by atoms with Crippen molar-refractivity contribution in [1.29, 1.82) is 0 Å². The van der Waals surface area contributed by atoms with E-state index >= 15 is 0 Å². The molecule has 0 spiro atoms. The molecule has 1 N–H and O–H groups in total. The number of carbonyl (C=O) groups is 1. The summed E-state index contributed by atoms with van der Waals surface area (Å²) in [6, 6.07) is 7.91. The minimum atomic E-state index is -0.300. The highest BCUT2D eigenvalue weighted by Gasteiger charge is 2.12. The van der Waals surface area contributed by atoms with Crippen LogP contribution in [0.15, 0.2) is 41.1 Å². The molecule has 5 heteroatoms. The number of ether oxygens (including phenoxy) is 1. The number of thiophene rings is 1. The van der Waals surface area contributed by atoms with Crippen LogP contribution in [0.25, 0.3) is 0 Å². The van der Waals surface area contributed by atoms with E-state index in [1.807, 2.05) is 16.8 Å². The number of hydrogen-bond donors (Lipinski definition) is 1. The molecule has 0 aliphatic heterocycles. The molecule has 1 amide bonds. The Morgan fingerprint density at radius 3 is 2.70 bits per heavy atom.